The van der Waals surface area contributed by atoms with E-state index >= 15 is 0 Å². The summed E-state index contributed by atoms with van der Waals surface area (Å²) in [4.78, 5) is 10.8. The van der Waals surface area contributed by atoms with Gasteiger partial charge in [-0.25, -0.2) is 4.68 Å². The van der Waals surface area contributed by atoms with Crippen LogP contribution in [0.1, 0.15) is 5.82 Å². The van der Waals surface area contributed by atoms with Gasteiger partial charge in [0.05, 0.1) is 0 Å². The topological polar surface area (TPSA) is 95.9 Å². The number of aromatic nitrogens is 4. The van der Waals surface area contributed by atoms with Crippen molar-refractivity contribution in [1.82, 2.24) is 20.2 Å². The Morgan fingerprint density at radius 2 is 2.11 bits per heavy atom. The fourth-order valence-corrected chi connectivity index (χ4v) is 1.40. The second-order valence-electron chi connectivity index (χ2n) is 3.46. The first kappa shape index (κ1) is 12.3. The minimum absolute atomic E-state index is 0.0771. The van der Waals surface area contributed by atoms with Crippen molar-refractivity contribution in [1.29, 1.82) is 0 Å². The number of benzene rings is 1. The molecule has 2 rings (SSSR count). The number of nitrogens with zero attached hydrogens (tertiary/aromatic N) is 4. The standard InChI is InChI=1S/C10H10ClN5O2/c11-7-1-3-8(4-2-7)18-6-10-13-14-15-16(10)5-9(12)17/h1-4H,5-6H2,(H2,12,17). The van der Waals surface area contributed by atoms with Crippen LogP contribution in [0.25, 0.3) is 0 Å². The van der Waals surface area contributed by atoms with E-state index in [1.807, 2.05) is 0 Å². The first-order valence-corrected chi connectivity index (χ1v) is 5.44. The number of amides is 1. The maximum atomic E-state index is 10.8. The highest BCUT2D eigenvalue weighted by molar-refractivity contribution is 6.30. The summed E-state index contributed by atoms with van der Waals surface area (Å²) in [5.41, 5.74) is 5.07. The quantitative estimate of drug-likeness (QED) is 0.845. The monoisotopic (exact) mass is 267 g/mol. The zero-order chi connectivity index (χ0) is 13.0. The first-order chi connectivity index (χ1) is 8.65. The highest BCUT2D eigenvalue weighted by Crippen LogP contribution is 2.16. The van der Waals surface area contributed by atoms with E-state index in [1.54, 1.807) is 24.3 Å². The molecule has 0 radical (unpaired) electrons. The molecule has 2 aromatic rings. The van der Waals surface area contributed by atoms with Gasteiger partial charge in [0.1, 0.15) is 18.9 Å². The number of rotatable bonds is 5. The molecule has 7 nitrogen and oxygen atoms in total. The molecule has 1 heterocycles. The molecule has 1 aromatic carbocycles. The Balaban J connectivity index is 1.99. The minimum Gasteiger partial charge on any atom is -0.486 e. The van der Waals surface area contributed by atoms with Crippen LogP contribution < -0.4 is 10.5 Å². The van der Waals surface area contributed by atoms with Gasteiger partial charge in [0, 0.05) is 5.02 Å². The summed E-state index contributed by atoms with van der Waals surface area (Å²) in [6.45, 7) is 0.0637. The molecule has 0 aliphatic rings. The molecular weight excluding hydrogens is 258 g/mol. The summed E-state index contributed by atoms with van der Waals surface area (Å²) in [7, 11) is 0. The summed E-state index contributed by atoms with van der Waals surface area (Å²) in [6.07, 6.45) is 0. The predicted octanol–water partition coefficient (Wildman–Crippen LogP) is 0.391. The van der Waals surface area contributed by atoms with E-state index in [1.165, 1.54) is 4.68 Å². The van der Waals surface area contributed by atoms with Crippen molar-refractivity contribution in [2.24, 2.45) is 5.73 Å². The lowest BCUT2D eigenvalue weighted by Gasteiger charge is -2.05. The Bertz CT molecular complexity index is 539. The Labute approximate surface area is 107 Å². The second-order valence-corrected chi connectivity index (χ2v) is 3.90. The molecule has 0 atom stereocenters. The maximum Gasteiger partial charge on any atom is 0.239 e. The van der Waals surface area contributed by atoms with Crippen molar-refractivity contribution >= 4 is 17.5 Å². The summed E-state index contributed by atoms with van der Waals surface area (Å²) in [6, 6.07) is 6.88. The molecule has 0 saturated heterocycles. The smallest absolute Gasteiger partial charge is 0.239 e. The second kappa shape index (κ2) is 5.46. The van der Waals surface area contributed by atoms with Gasteiger partial charge >= 0.3 is 0 Å². The van der Waals surface area contributed by atoms with Gasteiger partial charge in [0.25, 0.3) is 0 Å². The maximum absolute atomic E-state index is 10.8. The van der Waals surface area contributed by atoms with Gasteiger partial charge < -0.3 is 10.5 Å². The predicted molar refractivity (Wildman–Crippen MR) is 62.8 cm³/mol. The van der Waals surface area contributed by atoms with E-state index in [9.17, 15) is 4.79 Å². The molecule has 94 valence electrons. The first-order valence-electron chi connectivity index (χ1n) is 5.07. The van der Waals surface area contributed by atoms with Crippen LogP contribution in [-0.2, 0) is 17.9 Å². The van der Waals surface area contributed by atoms with Gasteiger partial charge in [-0.1, -0.05) is 11.6 Å². The van der Waals surface area contributed by atoms with Crippen molar-refractivity contribution in [3.63, 3.8) is 0 Å². The number of carbonyl (C=O) groups is 1. The molecule has 0 fully saturated rings. The number of halogens is 1. The number of primary amides is 1. The van der Waals surface area contributed by atoms with Gasteiger partial charge in [-0.2, -0.15) is 0 Å². The van der Waals surface area contributed by atoms with Crippen LogP contribution in [0.3, 0.4) is 0 Å². The van der Waals surface area contributed by atoms with Gasteiger partial charge in [-0.15, -0.1) is 5.10 Å². The average molecular weight is 268 g/mol. The number of hydrogen-bond acceptors (Lipinski definition) is 5. The zero-order valence-corrected chi connectivity index (χ0v) is 10.0. The highest BCUT2D eigenvalue weighted by Gasteiger charge is 2.08. The normalized spacial score (nSPS) is 10.3. The zero-order valence-electron chi connectivity index (χ0n) is 9.28. The third-order valence-electron chi connectivity index (χ3n) is 2.09. The number of carbonyl (C=O) groups excluding carboxylic acids is 1. The lowest BCUT2D eigenvalue weighted by atomic mass is 10.3. The summed E-state index contributed by atoms with van der Waals surface area (Å²) in [5, 5.41) is 11.5. The summed E-state index contributed by atoms with van der Waals surface area (Å²) in [5.74, 6) is 0.534. The molecule has 8 heteroatoms. The fourth-order valence-electron chi connectivity index (χ4n) is 1.28. The molecule has 1 aromatic heterocycles. The van der Waals surface area contributed by atoms with Crippen molar-refractivity contribution < 1.29 is 9.53 Å². The van der Waals surface area contributed by atoms with E-state index in [4.69, 9.17) is 22.1 Å². The van der Waals surface area contributed by atoms with Crippen molar-refractivity contribution in [2.45, 2.75) is 13.2 Å². The van der Waals surface area contributed by atoms with Crippen LogP contribution >= 0.6 is 11.6 Å². The van der Waals surface area contributed by atoms with Crippen LogP contribution in [0.5, 0.6) is 5.75 Å². The minimum atomic E-state index is -0.518. The summed E-state index contributed by atoms with van der Waals surface area (Å²) < 4.78 is 6.74. The van der Waals surface area contributed by atoms with E-state index < -0.39 is 5.91 Å². The molecule has 2 N–H and O–H groups in total. The number of nitrogens with two attached hydrogens (primary N) is 1. The van der Waals surface area contributed by atoms with Crippen molar-refractivity contribution in [2.75, 3.05) is 0 Å². The Morgan fingerprint density at radius 1 is 1.39 bits per heavy atom. The van der Waals surface area contributed by atoms with E-state index in [0.29, 0.717) is 16.6 Å². The molecule has 0 spiro atoms. The van der Waals surface area contributed by atoms with Crippen molar-refractivity contribution in [3.05, 3.63) is 35.1 Å². The Morgan fingerprint density at radius 3 is 2.78 bits per heavy atom. The average Bonchev–Trinajstić information content (AvgIpc) is 2.75. The van der Waals surface area contributed by atoms with Gasteiger partial charge in [0.15, 0.2) is 5.82 Å². The van der Waals surface area contributed by atoms with Crippen LogP contribution in [0.2, 0.25) is 5.02 Å². The van der Waals surface area contributed by atoms with Gasteiger partial charge in [-0.05, 0) is 34.7 Å². The third kappa shape index (κ3) is 3.17. The van der Waals surface area contributed by atoms with Crippen LogP contribution in [-0.4, -0.2) is 26.1 Å². The Kier molecular flexibility index (Phi) is 3.73. The van der Waals surface area contributed by atoms with Crippen LogP contribution in [0, 0.1) is 0 Å². The summed E-state index contributed by atoms with van der Waals surface area (Å²) >= 11 is 5.75. The molecule has 0 aliphatic heterocycles. The van der Waals surface area contributed by atoms with E-state index in [2.05, 4.69) is 15.5 Å². The lowest BCUT2D eigenvalue weighted by Crippen LogP contribution is -2.21. The van der Waals surface area contributed by atoms with Crippen molar-refractivity contribution in [3.8, 4) is 5.75 Å². The molecule has 0 unspecified atom stereocenters. The number of hydrogen-bond donors (Lipinski definition) is 1. The largest absolute Gasteiger partial charge is 0.486 e. The molecule has 1 amide bonds. The van der Waals surface area contributed by atoms with Gasteiger partial charge in [-0.3, -0.25) is 4.79 Å². The fraction of sp³-hybridized carbons (Fsp3) is 0.200. The van der Waals surface area contributed by atoms with Crippen LogP contribution in [0.15, 0.2) is 24.3 Å². The number of ether oxygens (including phenoxy) is 1. The molecular formula is C10H10ClN5O2. The van der Waals surface area contributed by atoms with Gasteiger partial charge in [0.2, 0.25) is 5.91 Å². The molecule has 0 bridgehead atoms. The third-order valence-corrected chi connectivity index (χ3v) is 2.35. The van der Waals surface area contributed by atoms with Crippen LogP contribution in [0.4, 0.5) is 0 Å². The van der Waals surface area contributed by atoms with E-state index in [0.717, 1.165) is 0 Å². The van der Waals surface area contributed by atoms with E-state index in [-0.39, 0.29) is 13.2 Å². The lowest BCUT2D eigenvalue weighted by molar-refractivity contribution is -0.118. The SMILES string of the molecule is NC(=O)Cn1nnnc1COc1ccc(Cl)cc1. The number of tetrazole rings is 1. The highest BCUT2D eigenvalue weighted by atomic mass is 35.5. The molecule has 0 aliphatic carbocycles. The molecule has 0 saturated carbocycles. The molecule has 18 heavy (non-hydrogen) atoms. The Hall–Kier alpha value is -2.15.